The average molecular weight is 486 g/mol. The smallest absolute Gasteiger partial charge is 0.344 e. The Bertz CT molecular complexity index is 1380. The van der Waals surface area contributed by atoms with Crippen molar-refractivity contribution in [1.82, 2.24) is 14.4 Å². The van der Waals surface area contributed by atoms with Crippen LogP contribution in [-0.2, 0) is 32.9 Å². The van der Waals surface area contributed by atoms with Gasteiger partial charge in [0.1, 0.15) is 11.6 Å². The van der Waals surface area contributed by atoms with Crippen LogP contribution in [0.2, 0.25) is 0 Å². The number of rotatable bonds is 7. The lowest BCUT2D eigenvalue weighted by molar-refractivity contribution is -0.140. The van der Waals surface area contributed by atoms with Gasteiger partial charge in [0.2, 0.25) is 5.82 Å². The van der Waals surface area contributed by atoms with Crippen LogP contribution >= 0.6 is 0 Å². The number of halogens is 1. The molecule has 34 heavy (non-hydrogen) atoms. The van der Waals surface area contributed by atoms with E-state index in [-0.39, 0.29) is 36.2 Å². The van der Waals surface area contributed by atoms with Gasteiger partial charge < -0.3 is 14.0 Å². The summed E-state index contributed by atoms with van der Waals surface area (Å²) in [6.07, 6.45) is 1.18. The summed E-state index contributed by atoms with van der Waals surface area (Å²) in [6, 6.07) is 12.4. The summed E-state index contributed by atoms with van der Waals surface area (Å²) in [5.41, 5.74) is 1.00. The van der Waals surface area contributed by atoms with Crippen LogP contribution in [0.25, 0.3) is 11.5 Å². The fourth-order valence-electron chi connectivity index (χ4n) is 3.08. The molecule has 4 rings (SSSR count). The molecule has 0 amide bonds. The van der Waals surface area contributed by atoms with Crippen molar-refractivity contribution >= 4 is 21.9 Å². The van der Waals surface area contributed by atoms with Crippen molar-refractivity contribution in [3.63, 3.8) is 0 Å². The monoisotopic (exact) mass is 486 g/mol. The molecule has 0 saturated heterocycles. The zero-order chi connectivity index (χ0) is 24.3. The second kappa shape index (κ2) is 9.43. The first-order valence-corrected chi connectivity index (χ1v) is 11.3. The first-order valence-electron chi connectivity index (χ1n) is 9.94. The number of aromatic nitrogens is 2. The lowest BCUT2D eigenvalue weighted by atomic mass is 10.2. The predicted octanol–water partition coefficient (Wildman–Crippen LogP) is 3.03. The van der Waals surface area contributed by atoms with Crippen molar-refractivity contribution in [2.45, 2.75) is 20.1 Å². The Morgan fingerprint density at radius 3 is 2.65 bits per heavy atom. The van der Waals surface area contributed by atoms with E-state index in [1.807, 2.05) is 0 Å². The number of esters is 1. The molecular formula is C22H19FN4O6S. The van der Waals surface area contributed by atoms with Gasteiger partial charge in [0.15, 0.2) is 6.61 Å². The van der Waals surface area contributed by atoms with Gasteiger partial charge in [-0.1, -0.05) is 23.4 Å². The van der Waals surface area contributed by atoms with Crippen LogP contribution in [0.15, 0.2) is 69.2 Å². The van der Waals surface area contributed by atoms with E-state index in [1.54, 1.807) is 30.3 Å². The maximum absolute atomic E-state index is 13.4. The molecule has 2 aromatic carbocycles. The van der Waals surface area contributed by atoms with Crippen molar-refractivity contribution in [3.8, 4) is 17.2 Å². The highest BCUT2D eigenvalue weighted by molar-refractivity contribution is 7.88. The molecule has 1 aromatic heterocycles. The van der Waals surface area contributed by atoms with Crippen LogP contribution in [0, 0.1) is 5.82 Å². The van der Waals surface area contributed by atoms with Gasteiger partial charge in [0.25, 0.3) is 5.89 Å². The largest absolute Gasteiger partial charge is 0.497 e. The van der Waals surface area contributed by atoms with Crippen LogP contribution in [0.4, 0.5) is 4.39 Å². The minimum Gasteiger partial charge on any atom is -0.497 e. The van der Waals surface area contributed by atoms with Gasteiger partial charge in [-0.2, -0.15) is 13.4 Å². The highest BCUT2D eigenvalue weighted by Crippen LogP contribution is 2.22. The lowest BCUT2D eigenvalue weighted by Gasteiger charge is -2.23. The number of carbonyl (C=O) groups excluding carboxylic acids is 1. The molecule has 10 nitrogen and oxygen atoms in total. The summed E-state index contributed by atoms with van der Waals surface area (Å²) in [5, 5.41) is 3.71. The standard InChI is InChI=1S/C22H19FN4O6S/c1-14-19(12-27(34(29,30)26-14)11-15-6-8-18(31-2)9-7-15)22(28)32-13-20-24-21(33-25-20)16-4-3-5-17(23)10-16/h3-10,12H,11,13H2,1-2H3. The van der Waals surface area contributed by atoms with E-state index in [2.05, 4.69) is 14.5 Å². The van der Waals surface area contributed by atoms with Gasteiger partial charge in [-0.25, -0.2) is 9.18 Å². The van der Waals surface area contributed by atoms with E-state index >= 15 is 0 Å². The van der Waals surface area contributed by atoms with Gasteiger partial charge >= 0.3 is 16.2 Å². The highest BCUT2D eigenvalue weighted by atomic mass is 32.2. The molecule has 0 atom stereocenters. The van der Waals surface area contributed by atoms with Crippen molar-refractivity contribution in [2.75, 3.05) is 7.11 Å². The molecule has 176 valence electrons. The molecule has 0 aliphatic carbocycles. The molecule has 0 fully saturated rings. The van der Waals surface area contributed by atoms with Crippen LogP contribution in [0.5, 0.6) is 5.75 Å². The number of nitrogens with zero attached hydrogens (tertiary/aromatic N) is 4. The molecule has 0 spiro atoms. The van der Waals surface area contributed by atoms with Gasteiger partial charge in [0, 0.05) is 11.8 Å². The van der Waals surface area contributed by atoms with E-state index in [0.717, 1.165) is 4.31 Å². The van der Waals surface area contributed by atoms with E-state index in [9.17, 15) is 17.6 Å². The molecular weight excluding hydrogens is 467 g/mol. The maximum atomic E-state index is 13.4. The van der Waals surface area contributed by atoms with Crippen molar-refractivity contribution in [3.05, 3.63) is 77.5 Å². The summed E-state index contributed by atoms with van der Waals surface area (Å²) in [5.74, 6) is -0.524. The van der Waals surface area contributed by atoms with E-state index in [1.165, 1.54) is 38.4 Å². The zero-order valence-electron chi connectivity index (χ0n) is 18.1. The second-order valence-corrected chi connectivity index (χ2v) is 8.74. The van der Waals surface area contributed by atoms with Crippen LogP contribution in [0.3, 0.4) is 0 Å². The Hall–Kier alpha value is -4.06. The molecule has 0 N–H and O–H groups in total. The van der Waals surface area contributed by atoms with Crippen molar-refractivity contribution in [1.29, 1.82) is 0 Å². The number of methoxy groups -OCH3 is 1. The Labute approximate surface area is 194 Å². The Morgan fingerprint density at radius 2 is 1.94 bits per heavy atom. The van der Waals surface area contributed by atoms with Crippen molar-refractivity contribution in [2.24, 2.45) is 4.40 Å². The van der Waals surface area contributed by atoms with Crippen LogP contribution < -0.4 is 4.74 Å². The maximum Gasteiger partial charge on any atom is 0.344 e. The van der Waals surface area contributed by atoms with E-state index in [4.69, 9.17) is 14.0 Å². The Morgan fingerprint density at radius 1 is 1.18 bits per heavy atom. The minimum atomic E-state index is -4.02. The summed E-state index contributed by atoms with van der Waals surface area (Å²) >= 11 is 0. The number of hydrogen-bond acceptors (Lipinski definition) is 8. The number of hydrogen-bond donors (Lipinski definition) is 0. The number of ether oxygens (including phenoxy) is 2. The molecule has 12 heteroatoms. The first-order chi connectivity index (χ1) is 16.2. The summed E-state index contributed by atoms with van der Waals surface area (Å²) in [4.78, 5) is 16.7. The lowest BCUT2D eigenvalue weighted by Crippen LogP contribution is -2.31. The van der Waals surface area contributed by atoms with Gasteiger partial charge in [-0.05, 0) is 42.8 Å². The van der Waals surface area contributed by atoms with Gasteiger partial charge in [0.05, 0.1) is 24.9 Å². The fourth-order valence-corrected chi connectivity index (χ4v) is 4.18. The average Bonchev–Trinajstić information content (AvgIpc) is 3.28. The zero-order valence-corrected chi connectivity index (χ0v) is 19.0. The first kappa shape index (κ1) is 23.1. The SMILES string of the molecule is COc1ccc(CN2C=C(C(=O)OCc3noc(-c4cccc(F)c4)n3)C(C)=NS2(=O)=O)cc1. The normalized spacial score (nSPS) is 14.9. The van der Waals surface area contributed by atoms with Gasteiger partial charge in [-0.3, -0.25) is 4.31 Å². The molecule has 0 unspecified atom stereocenters. The summed E-state index contributed by atoms with van der Waals surface area (Å²) in [6.45, 7) is 1.01. The molecule has 1 aliphatic heterocycles. The third kappa shape index (κ3) is 5.12. The predicted molar refractivity (Wildman–Crippen MR) is 118 cm³/mol. The minimum absolute atomic E-state index is 0.00968. The molecule has 1 aliphatic rings. The van der Waals surface area contributed by atoms with Gasteiger partial charge in [-0.15, -0.1) is 4.40 Å². The van der Waals surface area contributed by atoms with Crippen molar-refractivity contribution < 1.29 is 31.6 Å². The Kier molecular flexibility index (Phi) is 6.41. The quantitative estimate of drug-likeness (QED) is 0.467. The number of benzene rings is 2. The van der Waals surface area contributed by atoms with E-state index < -0.39 is 22.0 Å². The summed E-state index contributed by atoms with van der Waals surface area (Å²) in [7, 11) is -2.49. The van der Waals surface area contributed by atoms with E-state index in [0.29, 0.717) is 16.9 Å². The second-order valence-electron chi connectivity index (χ2n) is 7.19. The molecule has 0 radical (unpaired) electrons. The molecule has 3 aromatic rings. The third-order valence-electron chi connectivity index (χ3n) is 4.80. The van der Waals surface area contributed by atoms with Crippen LogP contribution in [-0.4, -0.2) is 41.7 Å². The molecule has 0 bridgehead atoms. The molecule has 0 saturated carbocycles. The Balaban J connectivity index is 1.46. The summed E-state index contributed by atoms with van der Waals surface area (Å²) < 4.78 is 58.4. The molecule has 2 heterocycles. The number of carbonyl (C=O) groups is 1. The highest BCUT2D eigenvalue weighted by Gasteiger charge is 2.29. The fraction of sp³-hybridized carbons (Fsp3) is 0.182. The van der Waals surface area contributed by atoms with Crippen LogP contribution in [0.1, 0.15) is 18.3 Å². The topological polar surface area (TPSA) is 124 Å². The third-order valence-corrected chi connectivity index (χ3v) is 6.13.